The maximum Gasteiger partial charge on any atom is 0.293 e. The van der Waals surface area contributed by atoms with Crippen LogP contribution in [-0.2, 0) is 24.2 Å². The number of carbonyl (C=O) groups excluding carboxylic acids is 2. The molecule has 6 heteroatoms. The first-order valence-corrected chi connectivity index (χ1v) is 13.7. The van der Waals surface area contributed by atoms with Gasteiger partial charge in [-0.05, 0) is 79.8 Å². The monoisotopic (exact) mass is 527 g/mol. The molecule has 0 unspecified atom stereocenters. The van der Waals surface area contributed by atoms with E-state index in [1.807, 2.05) is 55.5 Å². The van der Waals surface area contributed by atoms with E-state index in [-0.39, 0.29) is 11.1 Å². The minimum absolute atomic E-state index is 0.233. The van der Waals surface area contributed by atoms with Crippen LogP contribution in [0.4, 0.5) is 4.79 Å². The van der Waals surface area contributed by atoms with E-state index >= 15 is 0 Å². The minimum Gasteiger partial charge on any atom is -0.490 e. The number of benzene rings is 3. The number of allylic oxidation sites excluding steroid dienone is 1. The van der Waals surface area contributed by atoms with Gasteiger partial charge in [0.25, 0.3) is 11.1 Å². The van der Waals surface area contributed by atoms with Gasteiger partial charge in [-0.25, -0.2) is 0 Å². The van der Waals surface area contributed by atoms with Crippen molar-refractivity contribution < 1.29 is 19.1 Å². The smallest absolute Gasteiger partial charge is 0.293 e. The molecule has 0 bridgehead atoms. The summed E-state index contributed by atoms with van der Waals surface area (Å²) in [6.45, 7) is 9.14. The maximum absolute atomic E-state index is 13.1. The van der Waals surface area contributed by atoms with Crippen LogP contribution < -0.4 is 9.47 Å². The summed E-state index contributed by atoms with van der Waals surface area (Å²) in [7, 11) is 0. The molecule has 0 spiro atoms. The predicted octanol–water partition coefficient (Wildman–Crippen LogP) is 7.37. The van der Waals surface area contributed by atoms with Gasteiger partial charge in [0.15, 0.2) is 11.5 Å². The van der Waals surface area contributed by atoms with Gasteiger partial charge < -0.3 is 9.47 Å². The summed E-state index contributed by atoms with van der Waals surface area (Å²) in [4.78, 5) is 27.5. The molecule has 38 heavy (non-hydrogen) atoms. The van der Waals surface area contributed by atoms with Crippen molar-refractivity contribution in [2.24, 2.45) is 0 Å². The lowest BCUT2D eigenvalue weighted by Gasteiger charge is -2.17. The van der Waals surface area contributed by atoms with E-state index in [0.717, 1.165) is 41.3 Å². The molecule has 0 saturated carbocycles. The summed E-state index contributed by atoms with van der Waals surface area (Å²) in [6, 6.07) is 22.1. The van der Waals surface area contributed by atoms with Crippen LogP contribution in [0.25, 0.3) is 6.08 Å². The Morgan fingerprint density at radius 1 is 0.974 bits per heavy atom. The Morgan fingerprint density at radius 2 is 1.74 bits per heavy atom. The lowest BCUT2D eigenvalue weighted by molar-refractivity contribution is -0.122. The molecule has 196 valence electrons. The number of nitrogens with zero attached hydrogens (tertiary/aromatic N) is 1. The Kier molecular flexibility index (Phi) is 9.44. The van der Waals surface area contributed by atoms with Crippen LogP contribution in [0.15, 0.2) is 84.3 Å². The van der Waals surface area contributed by atoms with Crippen molar-refractivity contribution >= 4 is 29.0 Å². The second-order valence-electron chi connectivity index (χ2n) is 9.13. The summed E-state index contributed by atoms with van der Waals surface area (Å²) < 4.78 is 12.2. The van der Waals surface area contributed by atoms with Crippen molar-refractivity contribution in [3.63, 3.8) is 0 Å². The Labute approximate surface area is 229 Å². The van der Waals surface area contributed by atoms with Gasteiger partial charge in [-0.3, -0.25) is 14.5 Å². The molecule has 1 fully saturated rings. The Morgan fingerprint density at radius 3 is 2.45 bits per heavy atom. The quantitative estimate of drug-likeness (QED) is 0.182. The molecular weight excluding hydrogens is 494 g/mol. The zero-order valence-electron chi connectivity index (χ0n) is 21.9. The zero-order chi connectivity index (χ0) is 26.9. The summed E-state index contributed by atoms with van der Waals surface area (Å²) in [6.07, 6.45) is 5.69. The van der Waals surface area contributed by atoms with Gasteiger partial charge in [-0.2, -0.15) is 0 Å². The van der Waals surface area contributed by atoms with Gasteiger partial charge in [0, 0.05) is 12.1 Å². The molecule has 0 N–H and O–H groups in total. The topological polar surface area (TPSA) is 55.8 Å². The van der Waals surface area contributed by atoms with Crippen LogP contribution in [0.2, 0.25) is 0 Å². The standard InChI is InChI=1S/C32H33NO4S/c1-4-10-27-19-26(20-28(36-5-2)30(27)37-22-25-16-14-23(3)15-17-25)21-29-31(34)33(32(35)38-29)18-9-13-24-11-7-6-8-12-24/h4,6-8,11-12,14-17,19-21H,1,5,9-10,13,18,22H2,2-3H3/b29-21+. The lowest BCUT2D eigenvalue weighted by Crippen LogP contribution is -2.29. The highest BCUT2D eigenvalue weighted by Crippen LogP contribution is 2.38. The third-order valence-electron chi connectivity index (χ3n) is 6.18. The van der Waals surface area contributed by atoms with Crippen LogP contribution in [0.5, 0.6) is 11.5 Å². The molecule has 0 atom stereocenters. The van der Waals surface area contributed by atoms with Crippen LogP contribution in [0.3, 0.4) is 0 Å². The van der Waals surface area contributed by atoms with Crippen LogP contribution >= 0.6 is 11.8 Å². The highest BCUT2D eigenvalue weighted by molar-refractivity contribution is 8.18. The second-order valence-corrected chi connectivity index (χ2v) is 10.1. The van der Waals surface area contributed by atoms with E-state index in [0.29, 0.717) is 42.6 Å². The Bertz CT molecular complexity index is 1320. The normalized spacial score (nSPS) is 14.3. The summed E-state index contributed by atoms with van der Waals surface area (Å²) in [5, 5.41) is -0.233. The number of imide groups is 1. The van der Waals surface area contributed by atoms with E-state index in [2.05, 4.69) is 37.8 Å². The number of hydrogen-bond acceptors (Lipinski definition) is 5. The highest BCUT2D eigenvalue weighted by atomic mass is 32.2. The minimum atomic E-state index is -0.254. The van der Waals surface area contributed by atoms with Crippen molar-refractivity contribution in [1.29, 1.82) is 0 Å². The predicted molar refractivity (Wildman–Crippen MR) is 154 cm³/mol. The lowest BCUT2D eigenvalue weighted by atomic mass is 10.0. The van der Waals surface area contributed by atoms with E-state index < -0.39 is 0 Å². The molecular formula is C32H33NO4S. The van der Waals surface area contributed by atoms with Crippen LogP contribution in [0, 0.1) is 6.92 Å². The number of rotatable bonds is 12. The van der Waals surface area contributed by atoms with Crippen molar-refractivity contribution in [3.8, 4) is 11.5 Å². The van der Waals surface area contributed by atoms with E-state index in [4.69, 9.17) is 9.47 Å². The average molecular weight is 528 g/mol. The number of thioether (sulfide) groups is 1. The van der Waals surface area contributed by atoms with Crippen LogP contribution in [0.1, 0.15) is 41.2 Å². The first-order valence-electron chi connectivity index (χ1n) is 12.9. The fraction of sp³-hybridized carbons (Fsp3) is 0.250. The fourth-order valence-corrected chi connectivity index (χ4v) is 5.14. The SMILES string of the molecule is C=CCc1cc(/C=C2/SC(=O)N(CCCc3ccccc3)C2=O)cc(OCC)c1OCc1ccc(C)cc1. The van der Waals surface area contributed by atoms with Gasteiger partial charge >= 0.3 is 0 Å². The maximum atomic E-state index is 13.1. The van der Waals surface area contributed by atoms with Crippen molar-refractivity contribution in [2.45, 2.75) is 39.7 Å². The average Bonchev–Trinajstić information content (AvgIpc) is 3.17. The number of carbonyl (C=O) groups is 2. The number of amides is 2. The van der Waals surface area contributed by atoms with Crippen molar-refractivity contribution in [3.05, 3.63) is 112 Å². The van der Waals surface area contributed by atoms with Gasteiger partial charge in [-0.1, -0.05) is 66.2 Å². The summed E-state index contributed by atoms with van der Waals surface area (Å²) in [5.74, 6) is 1.02. The van der Waals surface area contributed by atoms with E-state index in [9.17, 15) is 9.59 Å². The van der Waals surface area contributed by atoms with Crippen molar-refractivity contribution in [1.82, 2.24) is 4.90 Å². The Balaban J connectivity index is 1.52. The molecule has 4 rings (SSSR count). The number of aryl methyl sites for hydroxylation is 2. The number of ether oxygens (including phenoxy) is 2. The number of hydrogen-bond donors (Lipinski definition) is 0. The molecule has 0 aromatic heterocycles. The molecule has 2 amide bonds. The van der Waals surface area contributed by atoms with Crippen molar-refractivity contribution in [2.75, 3.05) is 13.2 Å². The summed E-state index contributed by atoms with van der Waals surface area (Å²) in [5.41, 5.74) is 5.14. The fourth-order valence-electron chi connectivity index (χ4n) is 4.27. The Hall–Kier alpha value is -3.77. The molecule has 1 aliphatic rings. The largest absolute Gasteiger partial charge is 0.490 e. The molecule has 5 nitrogen and oxygen atoms in total. The molecule has 1 heterocycles. The van der Waals surface area contributed by atoms with E-state index in [1.165, 1.54) is 16.0 Å². The third kappa shape index (κ3) is 6.95. The summed E-state index contributed by atoms with van der Waals surface area (Å²) >= 11 is 0.980. The van der Waals surface area contributed by atoms with Crippen LogP contribution in [-0.4, -0.2) is 29.2 Å². The molecule has 0 aliphatic carbocycles. The van der Waals surface area contributed by atoms with Gasteiger partial charge in [0.05, 0.1) is 11.5 Å². The van der Waals surface area contributed by atoms with Gasteiger partial charge in [0.1, 0.15) is 6.61 Å². The molecule has 1 saturated heterocycles. The first kappa shape index (κ1) is 27.3. The molecule has 1 aliphatic heterocycles. The molecule has 3 aromatic carbocycles. The zero-order valence-corrected chi connectivity index (χ0v) is 22.8. The second kappa shape index (κ2) is 13.2. The third-order valence-corrected chi connectivity index (χ3v) is 7.09. The van der Waals surface area contributed by atoms with Gasteiger partial charge in [-0.15, -0.1) is 6.58 Å². The molecule has 3 aromatic rings. The molecule has 0 radical (unpaired) electrons. The highest BCUT2D eigenvalue weighted by Gasteiger charge is 2.34. The van der Waals surface area contributed by atoms with E-state index in [1.54, 1.807) is 6.08 Å². The van der Waals surface area contributed by atoms with Gasteiger partial charge in [0.2, 0.25) is 0 Å². The first-order chi connectivity index (χ1) is 18.5.